The van der Waals surface area contributed by atoms with Crippen molar-refractivity contribution in [3.63, 3.8) is 0 Å². The van der Waals surface area contributed by atoms with Gasteiger partial charge in [-0.25, -0.2) is 0 Å². The van der Waals surface area contributed by atoms with Crippen molar-refractivity contribution in [1.82, 2.24) is 20.0 Å². The molecular formula is C26H53N5O. The Hall–Kier alpha value is -1.37. The molecule has 1 unspecified atom stereocenters. The molecule has 0 aromatic rings. The Balaban J connectivity index is 0.000000582. The summed E-state index contributed by atoms with van der Waals surface area (Å²) in [5, 5.41) is 3.42. The summed E-state index contributed by atoms with van der Waals surface area (Å²) in [5.74, 6) is 0.974. The first kappa shape index (κ1) is 30.6. The molecule has 1 saturated heterocycles. The third kappa shape index (κ3) is 16.3. The Labute approximate surface area is 199 Å². The van der Waals surface area contributed by atoms with E-state index in [1.807, 2.05) is 25.2 Å². The number of rotatable bonds is 11. The van der Waals surface area contributed by atoms with Gasteiger partial charge in [0.25, 0.3) is 0 Å². The number of hydrogen-bond acceptors (Lipinski definition) is 6. The molecule has 2 rings (SSSR count). The van der Waals surface area contributed by atoms with Crippen LogP contribution in [0.5, 0.6) is 0 Å². The number of Topliss-reactive ketones (excluding diaryl/α,β-unsaturated/α-hetero) is 1. The van der Waals surface area contributed by atoms with Crippen LogP contribution < -0.4 is 11.1 Å². The van der Waals surface area contributed by atoms with E-state index in [0.29, 0.717) is 11.7 Å². The highest BCUT2D eigenvalue weighted by Gasteiger charge is 2.23. The van der Waals surface area contributed by atoms with Gasteiger partial charge in [0, 0.05) is 45.4 Å². The van der Waals surface area contributed by atoms with Crippen molar-refractivity contribution >= 4 is 5.78 Å². The topological polar surface area (TPSA) is 64.8 Å². The van der Waals surface area contributed by atoms with E-state index in [1.165, 1.54) is 77.4 Å². The molecule has 2 aliphatic rings. The molecule has 1 aliphatic heterocycles. The minimum atomic E-state index is 0.362. The monoisotopic (exact) mass is 451 g/mol. The molecular weight excluding hydrogens is 398 g/mol. The van der Waals surface area contributed by atoms with Crippen molar-refractivity contribution in [1.29, 1.82) is 0 Å². The lowest BCUT2D eigenvalue weighted by atomic mass is 9.82. The van der Waals surface area contributed by atoms with Gasteiger partial charge in [0.2, 0.25) is 0 Å². The van der Waals surface area contributed by atoms with E-state index in [9.17, 15) is 4.79 Å². The highest BCUT2D eigenvalue weighted by atomic mass is 16.1. The minimum Gasteiger partial charge on any atom is -0.405 e. The highest BCUT2D eigenvalue weighted by Crippen LogP contribution is 2.28. The molecule has 0 amide bonds. The summed E-state index contributed by atoms with van der Waals surface area (Å²) in [6, 6.07) is 0. The van der Waals surface area contributed by atoms with Crippen molar-refractivity contribution in [2.24, 2.45) is 11.7 Å². The fraction of sp³-hybridized carbons (Fsp3) is 0.808. The summed E-state index contributed by atoms with van der Waals surface area (Å²) in [6.45, 7) is 16.1. The maximum Gasteiger partial charge on any atom is 0.160 e. The van der Waals surface area contributed by atoms with Gasteiger partial charge < -0.3 is 25.8 Å². The number of carbonyl (C=O) groups is 1. The quantitative estimate of drug-likeness (QED) is 0.369. The molecule has 0 aromatic carbocycles. The molecule has 6 nitrogen and oxygen atoms in total. The molecule has 2 fully saturated rings. The summed E-state index contributed by atoms with van der Waals surface area (Å²) < 4.78 is 0. The Morgan fingerprint density at radius 2 is 1.84 bits per heavy atom. The molecule has 6 heteroatoms. The molecule has 1 aliphatic carbocycles. The number of likely N-dealkylation sites (tertiary alicyclic amines) is 1. The number of hydrogen-bond donors (Lipinski definition) is 2. The first-order chi connectivity index (χ1) is 15.4. The molecule has 0 bridgehead atoms. The summed E-state index contributed by atoms with van der Waals surface area (Å²) in [7, 11) is 6.15. The molecule has 0 aromatic heterocycles. The lowest BCUT2D eigenvalue weighted by molar-refractivity contribution is -0.117. The number of nitrogens with two attached hydrogens (primary N) is 1. The molecule has 0 spiro atoms. The Morgan fingerprint density at radius 3 is 2.38 bits per heavy atom. The Morgan fingerprint density at radius 1 is 1.19 bits per heavy atom. The molecule has 32 heavy (non-hydrogen) atoms. The maximum absolute atomic E-state index is 12.0. The highest BCUT2D eigenvalue weighted by molar-refractivity contribution is 5.96. The number of carbonyl (C=O) groups excluding carboxylic acids is 1. The second-order valence-electron chi connectivity index (χ2n) is 9.22. The van der Waals surface area contributed by atoms with Crippen LogP contribution in [0.15, 0.2) is 24.6 Å². The predicted molar refractivity (Wildman–Crippen MR) is 140 cm³/mol. The smallest absolute Gasteiger partial charge is 0.160 e. The van der Waals surface area contributed by atoms with Crippen LogP contribution in [-0.2, 0) is 4.79 Å². The zero-order valence-electron chi connectivity index (χ0n) is 21.9. The van der Waals surface area contributed by atoms with Gasteiger partial charge in [-0.15, -0.1) is 0 Å². The van der Waals surface area contributed by atoms with E-state index in [-0.39, 0.29) is 0 Å². The molecule has 188 valence electrons. The lowest BCUT2D eigenvalue weighted by Gasteiger charge is -2.23. The normalized spacial score (nSPS) is 19.9. The van der Waals surface area contributed by atoms with Gasteiger partial charge in [0.05, 0.1) is 0 Å². The summed E-state index contributed by atoms with van der Waals surface area (Å²) in [5.41, 5.74) is 5.63. The third-order valence-electron chi connectivity index (χ3n) is 6.00. The van der Waals surface area contributed by atoms with E-state index in [1.54, 1.807) is 0 Å². The van der Waals surface area contributed by atoms with Gasteiger partial charge in [-0.3, -0.25) is 4.79 Å². The maximum atomic E-state index is 12.0. The van der Waals surface area contributed by atoms with Crippen LogP contribution >= 0.6 is 0 Å². The average molecular weight is 452 g/mol. The second kappa shape index (κ2) is 20.3. The van der Waals surface area contributed by atoms with Crippen molar-refractivity contribution in [2.45, 2.75) is 65.2 Å². The fourth-order valence-electron chi connectivity index (χ4n) is 3.98. The van der Waals surface area contributed by atoms with Crippen molar-refractivity contribution in [2.75, 3.05) is 67.0 Å². The predicted octanol–water partition coefficient (Wildman–Crippen LogP) is 3.70. The van der Waals surface area contributed by atoms with Gasteiger partial charge >= 0.3 is 0 Å². The zero-order chi connectivity index (χ0) is 24.2. The summed E-state index contributed by atoms with van der Waals surface area (Å²) in [6.07, 6.45) is 12.5. The number of nitrogens with one attached hydrogen (secondary N) is 1. The molecule has 1 saturated carbocycles. The Bertz CT molecular complexity index is 500. The van der Waals surface area contributed by atoms with Crippen molar-refractivity contribution in [3.05, 3.63) is 24.6 Å². The van der Waals surface area contributed by atoms with Gasteiger partial charge in [-0.2, -0.15) is 0 Å². The van der Waals surface area contributed by atoms with Crippen LogP contribution in [0, 0.1) is 5.92 Å². The van der Waals surface area contributed by atoms with Crippen LogP contribution in [0.3, 0.4) is 0 Å². The van der Waals surface area contributed by atoms with Gasteiger partial charge in [-0.05, 0) is 96.8 Å². The fourth-order valence-corrected chi connectivity index (χ4v) is 3.98. The number of likely N-dealkylation sites (N-methyl/N-ethyl adjacent to an activating group) is 1. The molecule has 1 heterocycles. The minimum absolute atomic E-state index is 0.362. The van der Waals surface area contributed by atoms with Gasteiger partial charge in [0.15, 0.2) is 5.78 Å². The number of ketones is 1. The third-order valence-corrected chi connectivity index (χ3v) is 6.00. The van der Waals surface area contributed by atoms with E-state index in [0.717, 1.165) is 31.5 Å². The summed E-state index contributed by atoms with van der Waals surface area (Å²) >= 11 is 0. The van der Waals surface area contributed by atoms with Crippen molar-refractivity contribution in [3.8, 4) is 0 Å². The van der Waals surface area contributed by atoms with Crippen LogP contribution in [0.1, 0.15) is 65.2 Å². The average Bonchev–Trinajstić information content (AvgIpc) is 3.28. The number of allylic oxidation sites excluding steroid dienone is 1. The van der Waals surface area contributed by atoms with E-state index < -0.39 is 0 Å². The molecule has 3 N–H and O–H groups in total. The number of nitrogens with zero attached hydrogens (tertiary/aromatic N) is 3. The van der Waals surface area contributed by atoms with E-state index in [4.69, 9.17) is 0 Å². The first-order valence-electron chi connectivity index (χ1n) is 12.7. The van der Waals surface area contributed by atoms with Gasteiger partial charge in [0.1, 0.15) is 0 Å². The molecule has 1 atom stereocenters. The van der Waals surface area contributed by atoms with Crippen molar-refractivity contribution < 1.29 is 4.79 Å². The van der Waals surface area contributed by atoms with Crippen LogP contribution in [-0.4, -0.2) is 87.4 Å². The van der Waals surface area contributed by atoms with Crippen LogP contribution in [0.4, 0.5) is 0 Å². The molecule has 0 radical (unpaired) electrons. The van der Waals surface area contributed by atoms with E-state index >= 15 is 0 Å². The SMILES string of the molecule is C=CN.CCCNCCCC1CC/C(=C\N(C)C)C(=O)C1.CCN(C)CCN1CCCC1. The largest absolute Gasteiger partial charge is 0.405 e. The second-order valence-corrected chi connectivity index (χ2v) is 9.22. The van der Waals surface area contributed by atoms with Crippen LogP contribution in [0.25, 0.3) is 0 Å². The summed E-state index contributed by atoms with van der Waals surface area (Å²) in [4.78, 5) is 18.9. The van der Waals surface area contributed by atoms with E-state index in [2.05, 4.69) is 48.3 Å². The first-order valence-corrected chi connectivity index (χ1v) is 12.7. The van der Waals surface area contributed by atoms with Gasteiger partial charge in [-0.1, -0.05) is 20.4 Å². The van der Waals surface area contributed by atoms with Crippen LogP contribution in [0.2, 0.25) is 0 Å². The standard InChI is InChI=1S/C15H28N2O.C9H20N2.C2H5N/c1-4-9-16-10-5-6-13-7-8-14(12-17(2)3)15(18)11-13;1-3-10(2)8-9-11-6-4-5-7-11;1-2-3/h12-13,16H,4-11H2,1-3H3;3-9H2,1-2H3;2H,1,3H2/b14-12+;;. The lowest BCUT2D eigenvalue weighted by Crippen LogP contribution is -2.31. The zero-order valence-corrected chi connectivity index (χ0v) is 21.9. The Kier molecular flexibility index (Phi) is 19.4.